The predicted octanol–water partition coefficient (Wildman–Crippen LogP) is 5.27. The Morgan fingerprint density at radius 2 is 1.25 bits per heavy atom. The molecule has 3 heterocycles. The van der Waals surface area contributed by atoms with E-state index in [-0.39, 0.29) is 74.4 Å². The highest BCUT2D eigenvalue weighted by atomic mass is 32.2. The molecule has 3 rings (SSSR count). The van der Waals surface area contributed by atoms with E-state index in [0.717, 1.165) is 25.0 Å². The number of amides is 3. The topological polar surface area (TPSA) is 198 Å². The van der Waals surface area contributed by atoms with Gasteiger partial charge in [0.2, 0.25) is 5.91 Å². The Morgan fingerprint density at radius 1 is 0.716 bits per heavy atom. The van der Waals surface area contributed by atoms with Crippen LogP contribution < -0.4 is 16.0 Å². The van der Waals surface area contributed by atoms with E-state index in [1.165, 1.54) is 0 Å². The number of hydrogen-bond acceptors (Lipinski definition) is 16. The lowest BCUT2D eigenvalue weighted by molar-refractivity contribution is -0.163. The molecule has 0 spiro atoms. The Hall–Kier alpha value is -2.51. The van der Waals surface area contributed by atoms with Gasteiger partial charge in [-0.05, 0) is 121 Å². The molecule has 1 unspecified atom stereocenters. The zero-order chi connectivity index (χ0) is 49.8. The van der Waals surface area contributed by atoms with Gasteiger partial charge in [-0.15, -0.1) is 0 Å². The molecule has 3 N–H and O–H groups in total. The van der Waals surface area contributed by atoms with E-state index in [2.05, 4.69) is 35.6 Å². The molecule has 3 amide bonds. The zero-order valence-electron chi connectivity index (χ0n) is 42.9. The minimum absolute atomic E-state index is 0.00397. The molecule has 0 aliphatic carbocycles. The first kappa shape index (κ1) is 58.8. The first-order valence-electron chi connectivity index (χ1n) is 24.8. The molecule has 4 atom stereocenters. The van der Waals surface area contributed by atoms with Gasteiger partial charge in [-0.25, -0.2) is 4.79 Å². The van der Waals surface area contributed by atoms with E-state index in [4.69, 9.17) is 23.3 Å². The number of carbonyl (C=O) groups excluding carboxylic acids is 5. The van der Waals surface area contributed by atoms with E-state index in [1.54, 1.807) is 13.8 Å². The van der Waals surface area contributed by atoms with Crippen LogP contribution in [0.5, 0.6) is 0 Å². The molecule has 18 nitrogen and oxygen atoms in total. The smallest absolute Gasteiger partial charge is 0.330 e. The highest BCUT2D eigenvalue weighted by Crippen LogP contribution is 2.48. The summed E-state index contributed by atoms with van der Waals surface area (Å²) in [5.41, 5.74) is -2.06. The van der Waals surface area contributed by atoms with Gasteiger partial charge in [0.25, 0.3) is 0 Å². The molecular weight excluding hydrogens is 902 g/mol. The van der Waals surface area contributed by atoms with Gasteiger partial charge in [0.15, 0.2) is 0 Å². The minimum Gasteiger partial charge on any atom is -0.459 e. The van der Waals surface area contributed by atoms with Crippen molar-refractivity contribution in [2.45, 2.75) is 168 Å². The van der Waals surface area contributed by atoms with Crippen molar-refractivity contribution in [3.8, 4) is 0 Å². The molecule has 3 aliphatic rings. The number of hydrogen-bond donors (Lipinski definition) is 3. The van der Waals surface area contributed by atoms with Crippen molar-refractivity contribution in [3.63, 3.8) is 0 Å². The number of thioether (sulfide) groups is 1. The van der Waals surface area contributed by atoms with Gasteiger partial charge >= 0.3 is 31.5 Å². The highest BCUT2D eigenvalue weighted by molar-refractivity contribution is 8.00. The number of carbonyl (C=O) groups is 5. The van der Waals surface area contributed by atoms with Crippen LogP contribution in [0.25, 0.3) is 0 Å². The zero-order valence-corrected chi connectivity index (χ0v) is 44.6. The van der Waals surface area contributed by atoms with Crippen LogP contribution in [-0.4, -0.2) is 193 Å². The van der Waals surface area contributed by atoms with Crippen LogP contribution in [-0.2, 0) is 47.0 Å². The fourth-order valence-corrected chi connectivity index (χ4v) is 11.6. The first-order valence-corrected chi connectivity index (χ1v) is 27.6. The minimum atomic E-state index is -3.25. The first-order chi connectivity index (χ1) is 31.4. The van der Waals surface area contributed by atoms with Gasteiger partial charge < -0.3 is 44.1 Å². The molecule has 0 bridgehead atoms. The monoisotopic (exact) mass is 990 g/mol. The van der Waals surface area contributed by atoms with Crippen molar-refractivity contribution in [1.29, 1.82) is 0 Å². The van der Waals surface area contributed by atoms with Gasteiger partial charge in [0, 0.05) is 76.3 Å². The number of esters is 3. The van der Waals surface area contributed by atoms with Crippen LogP contribution in [0.2, 0.25) is 0 Å². The highest BCUT2D eigenvalue weighted by Gasteiger charge is 2.42. The van der Waals surface area contributed by atoms with Crippen molar-refractivity contribution in [2.75, 3.05) is 104 Å². The van der Waals surface area contributed by atoms with Crippen molar-refractivity contribution < 1.29 is 51.8 Å². The average Bonchev–Trinajstić information content (AvgIpc) is 3.74. The lowest BCUT2D eigenvalue weighted by Crippen LogP contribution is -2.52. The second-order valence-corrected chi connectivity index (χ2v) is 24.3. The molecule has 67 heavy (non-hydrogen) atoms. The van der Waals surface area contributed by atoms with Gasteiger partial charge in [0.05, 0.1) is 44.5 Å². The van der Waals surface area contributed by atoms with Crippen LogP contribution in [0.15, 0.2) is 0 Å². The SMILES string of the molecule is CCOP(=O)(CCCN1CCN(CC(=O)OC(C)(C)C)CCN(C(CCCCNC(=O)CCCC[C@H]2SC[C@H]3NC(=O)N[C@H]32)C(=O)OC(C)(C)C)CCN(CC(=O)OC(C)(C)C)CC1)OCC. The van der Waals surface area contributed by atoms with Crippen LogP contribution in [0.4, 0.5) is 4.79 Å². The van der Waals surface area contributed by atoms with E-state index in [0.29, 0.717) is 103 Å². The number of nitrogens with zero attached hydrogens (tertiary/aromatic N) is 4. The molecule has 0 radical (unpaired) electrons. The van der Waals surface area contributed by atoms with Crippen LogP contribution in [0, 0.1) is 0 Å². The normalized spacial score (nSPS) is 21.6. The van der Waals surface area contributed by atoms with Crippen LogP contribution in [0.3, 0.4) is 0 Å². The maximum atomic E-state index is 14.2. The van der Waals surface area contributed by atoms with E-state index in [9.17, 15) is 28.5 Å². The Balaban J connectivity index is 1.75. The van der Waals surface area contributed by atoms with Gasteiger partial charge in [-0.2, -0.15) is 11.8 Å². The predicted molar refractivity (Wildman–Crippen MR) is 263 cm³/mol. The summed E-state index contributed by atoms with van der Waals surface area (Å²) in [5.74, 6) is -0.112. The summed E-state index contributed by atoms with van der Waals surface area (Å²) >= 11 is 1.88. The lowest BCUT2D eigenvalue weighted by atomic mass is 10.0. The van der Waals surface area contributed by atoms with Crippen molar-refractivity contribution in [1.82, 2.24) is 35.6 Å². The number of rotatable bonds is 24. The molecule has 388 valence electrons. The number of nitrogens with one attached hydrogen (secondary N) is 3. The summed E-state index contributed by atoms with van der Waals surface area (Å²) in [7, 11) is -3.25. The summed E-state index contributed by atoms with van der Waals surface area (Å²) in [6.45, 7) is 25.9. The molecule has 3 fully saturated rings. The summed E-state index contributed by atoms with van der Waals surface area (Å²) < 4.78 is 42.0. The fourth-order valence-electron chi connectivity index (χ4n) is 8.44. The molecular formula is C47H88N7O11PS. The van der Waals surface area contributed by atoms with Crippen LogP contribution in [0.1, 0.15) is 128 Å². The summed E-state index contributed by atoms with van der Waals surface area (Å²) in [6.07, 6.45) is 5.71. The number of fused-ring (bicyclic) bond motifs is 1. The molecule has 3 saturated heterocycles. The second kappa shape index (κ2) is 28.4. The third-order valence-electron chi connectivity index (χ3n) is 11.4. The van der Waals surface area contributed by atoms with Crippen LogP contribution >= 0.6 is 19.4 Å². The summed E-state index contributed by atoms with van der Waals surface area (Å²) in [5, 5.41) is 9.43. The Labute approximate surface area is 406 Å². The quantitative estimate of drug-likeness (QED) is 0.0372. The second-order valence-electron chi connectivity index (χ2n) is 20.9. The maximum absolute atomic E-state index is 14.2. The van der Waals surface area contributed by atoms with Crippen molar-refractivity contribution in [3.05, 3.63) is 0 Å². The molecule has 20 heteroatoms. The van der Waals surface area contributed by atoms with E-state index >= 15 is 0 Å². The average molecular weight is 990 g/mol. The summed E-state index contributed by atoms with van der Waals surface area (Å²) in [4.78, 5) is 73.9. The number of ether oxygens (including phenoxy) is 3. The van der Waals surface area contributed by atoms with Gasteiger partial charge in [0.1, 0.15) is 22.8 Å². The van der Waals surface area contributed by atoms with E-state index in [1.807, 2.05) is 74.1 Å². The standard InChI is InChI=1S/C47H88N7O11PS/c1-12-61-66(60,62-13-2)32-18-23-51-24-26-52(33-40(56)63-45(3,4)5)28-30-54(31-29-53(27-25-51)34-41(57)64-46(6,7)8)37(43(58)65-47(9,10)11)19-16-17-22-48-39(55)21-15-14-20-38-42-36(35-67-38)49-44(59)50-42/h36-38,42H,12-35H2,1-11H3,(H,48,55)(H2,49,50,59)/t36-,37?,38-,42-/m1/s1. The van der Waals surface area contributed by atoms with Crippen molar-refractivity contribution >= 4 is 49.2 Å². The number of unbranched alkanes of at least 4 members (excludes halogenated alkanes) is 2. The molecule has 0 aromatic rings. The summed E-state index contributed by atoms with van der Waals surface area (Å²) in [6, 6.07) is -0.364. The van der Waals surface area contributed by atoms with Crippen molar-refractivity contribution in [2.24, 2.45) is 0 Å². The molecule has 3 aliphatic heterocycles. The maximum Gasteiger partial charge on any atom is 0.330 e. The molecule has 0 aromatic carbocycles. The largest absolute Gasteiger partial charge is 0.459 e. The Kier molecular flexibility index (Phi) is 24.9. The van der Waals surface area contributed by atoms with Gasteiger partial charge in [-0.3, -0.25) is 38.4 Å². The van der Waals surface area contributed by atoms with E-state index < -0.39 is 30.4 Å². The molecule has 0 aromatic heterocycles. The Bertz CT molecular complexity index is 1550. The lowest BCUT2D eigenvalue weighted by Gasteiger charge is -2.37. The number of urea groups is 1. The third-order valence-corrected chi connectivity index (χ3v) is 15.1. The third kappa shape index (κ3) is 24.3. The Morgan fingerprint density at radius 3 is 1.79 bits per heavy atom. The van der Waals surface area contributed by atoms with Gasteiger partial charge in [-0.1, -0.05) is 6.42 Å². The molecule has 0 saturated carbocycles. The fraction of sp³-hybridized carbons (Fsp3) is 0.894.